The molecule has 0 bridgehead atoms. The van der Waals surface area contributed by atoms with E-state index in [4.69, 9.17) is 15.2 Å². The molecule has 2 rings (SSSR count). The number of amides is 1. The van der Waals surface area contributed by atoms with Gasteiger partial charge in [0.25, 0.3) is 0 Å². The zero-order chi connectivity index (χ0) is 14.9. The summed E-state index contributed by atoms with van der Waals surface area (Å²) in [6.07, 6.45) is 3.84. The first-order valence-corrected chi connectivity index (χ1v) is 7.83. The molecule has 5 heteroatoms. The molecule has 0 aromatic rings. The van der Waals surface area contributed by atoms with Gasteiger partial charge in [-0.2, -0.15) is 0 Å². The van der Waals surface area contributed by atoms with Gasteiger partial charge in [0.05, 0.1) is 17.7 Å². The lowest BCUT2D eigenvalue weighted by molar-refractivity contribution is -0.120. The van der Waals surface area contributed by atoms with E-state index in [0.717, 1.165) is 25.7 Å². The van der Waals surface area contributed by atoms with Crippen LogP contribution < -0.4 is 11.1 Å². The van der Waals surface area contributed by atoms with Crippen molar-refractivity contribution in [3.63, 3.8) is 0 Å². The fourth-order valence-corrected chi connectivity index (χ4v) is 3.39. The van der Waals surface area contributed by atoms with Crippen LogP contribution in [-0.4, -0.2) is 41.9 Å². The first kappa shape index (κ1) is 15.7. The Bertz CT molecular complexity index is 359. The van der Waals surface area contributed by atoms with Gasteiger partial charge < -0.3 is 20.5 Å². The number of epoxide rings is 1. The summed E-state index contributed by atoms with van der Waals surface area (Å²) in [5.74, 6) is -0.0444. The van der Waals surface area contributed by atoms with Gasteiger partial charge in [-0.05, 0) is 19.3 Å². The minimum absolute atomic E-state index is 0.0444. The fraction of sp³-hybridized carbons (Fsp3) is 0.933. The van der Waals surface area contributed by atoms with Gasteiger partial charge in [0.2, 0.25) is 5.91 Å². The Morgan fingerprint density at radius 2 is 2.10 bits per heavy atom. The second-order valence-corrected chi connectivity index (χ2v) is 6.08. The summed E-state index contributed by atoms with van der Waals surface area (Å²) in [6.45, 7) is 7.89. The highest BCUT2D eigenvalue weighted by molar-refractivity contribution is 5.73. The van der Waals surface area contributed by atoms with Crippen LogP contribution >= 0.6 is 0 Å². The van der Waals surface area contributed by atoms with Crippen molar-refractivity contribution < 1.29 is 14.3 Å². The summed E-state index contributed by atoms with van der Waals surface area (Å²) < 4.78 is 12.1. The number of hydrogen-bond acceptors (Lipinski definition) is 4. The Morgan fingerprint density at radius 1 is 1.45 bits per heavy atom. The maximum absolute atomic E-state index is 11.4. The van der Waals surface area contributed by atoms with E-state index in [1.54, 1.807) is 0 Å². The van der Waals surface area contributed by atoms with Gasteiger partial charge in [-0.25, -0.2) is 0 Å². The molecule has 2 unspecified atom stereocenters. The lowest BCUT2D eigenvalue weighted by Gasteiger charge is -2.38. The Kier molecular flexibility index (Phi) is 4.72. The molecule has 1 heterocycles. The van der Waals surface area contributed by atoms with E-state index >= 15 is 0 Å². The summed E-state index contributed by atoms with van der Waals surface area (Å²) in [7, 11) is 0. The van der Waals surface area contributed by atoms with E-state index < -0.39 is 0 Å². The number of hydrogen-bond donors (Lipinski definition) is 2. The standard InChI is InChI=1S/C15H28N2O3/c1-5-10(6-2)19-13-12(16)11(17-9(4)18)8-15(7-3)14(13)20-15/h10-14H,5-8,16H2,1-4H3,(H,17,18)/t11-,12+,13+,14?,15?/m0/s1. The van der Waals surface area contributed by atoms with Crippen molar-refractivity contribution in [1.29, 1.82) is 0 Å². The van der Waals surface area contributed by atoms with Gasteiger partial charge in [0, 0.05) is 19.4 Å². The number of carbonyl (C=O) groups excluding carboxylic acids is 1. The summed E-state index contributed by atoms with van der Waals surface area (Å²) in [5.41, 5.74) is 6.20. The van der Waals surface area contributed by atoms with Gasteiger partial charge in [-0.15, -0.1) is 0 Å². The highest BCUT2D eigenvalue weighted by atomic mass is 16.6. The van der Waals surface area contributed by atoms with Crippen LogP contribution in [0.15, 0.2) is 0 Å². The van der Waals surface area contributed by atoms with Crippen molar-refractivity contribution in [3.05, 3.63) is 0 Å². The normalized spacial score (nSPS) is 39.5. The first-order valence-electron chi connectivity index (χ1n) is 7.83. The van der Waals surface area contributed by atoms with Crippen molar-refractivity contribution in [3.8, 4) is 0 Å². The van der Waals surface area contributed by atoms with Crippen LogP contribution in [0.5, 0.6) is 0 Å². The molecule has 1 aliphatic carbocycles. The molecular weight excluding hydrogens is 256 g/mol. The lowest BCUT2D eigenvalue weighted by atomic mass is 9.79. The smallest absolute Gasteiger partial charge is 0.217 e. The van der Waals surface area contributed by atoms with Crippen LogP contribution in [0.25, 0.3) is 0 Å². The van der Waals surface area contributed by atoms with Crippen molar-refractivity contribution >= 4 is 5.91 Å². The first-order chi connectivity index (χ1) is 9.47. The molecule has 2 fully saturated rings. The quantitative estimate of drug-likeness (QED) is 0.722. The Hall–Kier alpha value is -0.650. The number of nitrogens with two attached hydrogens (primary N) is 1. The molecule has 0 aromatic heterocycles. The van der Waals surface area contributed by atoms with E-state index in [1.165, 1.54) is 6.92 Å². The van der Waals surface area contributed by atoms with Gasteiger partial charge in [0.15, 0.2) is 0 Å². The zero-order valence-corrected chi connectivity index (χ0v) is 13.0. The minimum Gasteiger partial charge on any atom is -0.370 e. The second-order valence-electron chi connectivity index (χ2n) is 6.08. The zero-order valence-electron chi connectivity index (χ0n) is 13.0. The molecule has 0 radical (unpaired) electrons. The van der Waals surface area contributed by atoms with Crippen molar-refractivity contribution in [2.75, 3.05) is 0 Å². The molecule has 0 spiro atoms. The predicted octanol–water partition coefficient (Wildman–Crippen LogP) is 1.34. The summed E-state index contributed by atoms with van der Waals surface area (Å²) >= 11 is 0. The van der Waals surface area contributed by atoms with E-state index in [1.807, 2.05) is 0 Å². The van der Waals surface area contributed by atoms with E-state index in [-0.39, 0.29) is 41.9 Å². The van der Waals surface area contributed by atoms with Crippen LogP contribution in [0.2, 0.25) is 0 Å². The molecule has 5 atom stereocenters. The van der Waals surface area contributed by atoms with Crippen LogP contribution in [0.3, 0.4) is 0 Å². The Morgan fingerprint density at radius 3 is 2.60 bits per heavy atom. The highest BCUT2D eigenvalue weighted by Gasteiger charge is 2.65. The third kappa shape index (κ3) is 2.85. The monoisotopic (exact) mass is 284 g/mol. The second kappa shape index (κ2) is 6.00. The third-order valence-corrected chi connectivity index (χ3v) is 4.78. The molecule has 0 aromatic carbocycles. The number of rotatable bonds is 6. The lowest BCUT2D eigenvalue weighted by Crippen LogP contribution is -2.61. The van der Waals surface area contributed by atoms with Crippen molar-refractivity contribution in [1.82, 2.24) is 5.32 Å². The molecule has 1 aliphatic heterocycles. The predicted molar refractivity (Wildman–Crippen MR) is 77.3 cm³/mol. The van der Waals surface area contributed by atoms with E-state index in [9.17, 15) is 4.79 Å². The largest absolute Gasteiger partial charge is 0.370 e. The van der Waals surface area contributed by atoms with Crippen molar-refractivity contribution in [2.45, 2.75) is 89.4 Å². The fourth-order valence-electron chi connectivity index (χ4n) is 3.39. The number of carbonyl (C=O) groups is 1. The van der Waals surface area contributed by atoms with Gasteiger partial charge in [-0.1, -0.05) is 20.8 Å². The van der Waals surface area contributed by atoms with Crippen LogP contribution in [0.1, 0.15) is 53.4 Å². The maximum atomic E-state index is 11.4. The molecule has 116 valence electrons. The van der Waals surface area contributed by atoms with Crippen LogP contribution in [-0.2, 0) is 14.3 Å². The van der Waals surface area contributed by atoms with Crippen LogP contribution in [0, 0.1) is 0 Å². The summed E-state index contributed by atoms with van der Waals surface area (Å²) in [6, 6.07) is -0.266. The average Bonchev–Trinajstić information content (AvgIpc) is 3.13. The molecule has 1 saturated carbocycles. The van der Waals surface area contributed by atoms with Gasteiger partial charge in [-0.3, -0.25) is 4.79 Å². The SMILES string of the molecule is CCC(CC)O[C@H]1C2OC2(CC)C[C@H](NC(C)=O)[C@H]1N. The number of nitrogens with one attached hydrogen (secondary N) is 1. The Labute approximate surface area is 121 Å². The average molecular weight is 284 g/mol. The van der Waals surface area contributed by atoms with Gasteiger partial charge in [0.1, 0.15) is 12.2 Å². The third-order valence-electron chi connectivity index (χ3n) is 4.78. The number of fused-ring (bicyclic) bond motifs is 1. The maximum Gasteiger partial charge on any atom is 0.217 e. The number of ether oxygens (including phenoxy) is 2. The van der Waals surface area contributed by atoms with Crippen molar-refractivity contribution in [2.24, 2.45) is 5.73 Å². The summed E-state index contributed by atoms with van der Waals surface area (Å²) in [4.78, 5) is 11.4. The Balaban J connectivity index is 2.10. The van der Waals surface area contributed by atoms with Crippen LogP contribution in [0.4, 0.5) is 0 Å². The highest BCUT2D eigenvalue weighted by Crippen LogP contribution is 2.51. The molecule has 1 amide bonds. The molecular formula is C15H28N2O3. The minimum atomic E-state index is -0.202. The molecule has 20 heavy (non-hydrogen) atoms. The summed E-state index contributed by atoms with van der Waals surface area (Å²) in [5, 5.41) is 2.96. The van der Waals surface area contributed by atoms with Gasteiger partial charge >= 0.3 is 0 Å². The molecule has 2 aliphatic rings. The van der Waals surface area contributed by atoms with E-state index in [0.29, 0.717) is 0 Å². The van der Waals surface area contributed by atoms with E-state index in [2.05, 4.69) is 26.1 Å². The topological polar surface area (TPSA) is 76.9 Å². The molecule has 5 nitrogen and oxygen atoms in total. The molecule has 3 N–H and O–H groups in total. The molecule has 1 saturated heterocycles.